The highest BCUT2D eigenvalue weighted by Crippen LogP contribution is 2.87. The Morgan fingerprint density at radius 2 is 0.324 bits per heavy atom. The maximum atomic E-state index is 2.36. The Morgan fingerprint density at radius 1 is 0.189 bits per heavy atom. The summed E-state index contributed by atoms with van der Waals surface area (Å²) in [4.78, 5) is 6.41. The van der Waals surface area contributed by atoms with Gasteiger partial charge in [-0.15, -0.1) is 0 Å². The molecule has 0 fully saturated rings. The zero-order valence-corrected chi connectivity index (χ0v) is 41.3. The van der Waals surface area contributed by atoms with E-state index in [0.717, 1.165) is 12.8 Å². The fourth-order valence-electron chi connectivity index (χ4n) is 25.9. The van der Waals surface area contributed by atoms with Gasteiger partial charge in [0.05, 0.1) is 8.47 Å². The standard InChI is InChI=1S/C70H10S4/c1-5-6(2)72-67(71-5)68-73-7-3-69-63-55-47-37-27-19-11-9-10-13-17-15(11)23-31-25(17)35-29-21(13)22-14(10)18-16-12(9)20(19)28-34-24(16)32-26(18)36-30(22)40-39(29)49-43(35)53-45(31)51(41(47)33(23)27)59(63)61(53)65-57(49)58-50(40)44(36)54-46(32)52-42(34)48(38(28)37)56(55)64(69)60(52)62(54)66(58)70(65,69)4-8(7)74-68/h3-4H2,1-2H3. The summed E-state index contributed by atoms with van der Waals surface area (Å²) in [6, 6.07) is 0. The lowest BCUT2D eigenvalue weighted by atomic mass is 9.45. The van der Waals surface area contributed by atoms with E-state index < -0.39 is 0 Å². The molecular formula is C70H10S4. The van der Waals surface area contributed by atoms with E-state index in [-0.39, 0.29) is 10.8 Å². The van der Waals surface area contributed by atoms with E-state index in [9.17, 15) is 0 Å². The average Bonchev–Trinajstić information content (AvgIpc) is 2.86. The molecule has 28 aromatic rings. The van der Waals surface area contributed by atoms with Crippen molar-refractivity contribution >= 4 is 338 Å². The van der Waals surface area contributed by atoms with Crippen molar-refractivity contribution in [1.29, 1.82) is 0 Å². The van der Waals surface area contributed by atoms with Gasteiger partial charge < -0.3 is 0 Å². The van der Waals surface area contributed by atoms with E-state index in [4.69, 9.17) is 0 Å². The zero-order valence-electron chi connectivity index (χ0n) is 38.0. The summed E-state index contributed by atoms with van der Waals surface area (Å²) >= 11 is 8.57. The molecule has 0 amide bonds. The largest absolute Gasteiger partial charge is 0.0849 e. The van der Waals surface area contributed by atoms with E-state index in [1.54, 1.807) is 309 Å². The molecule has 0 saturated heterocycles. The molecule has 0 atom stereocenters. The van der Waals surface area contributed by atoms with Crippen molar-refractivity contribution < 1.29 is 0 Å². The first-order valence-corrected chi connectivity index (χ1v) is 30.6. The Kier molecular flexibility index (Phi) is 2.68. The van der Waals surface area contributed by atoms with Crippen molar-refractivity contribution in [2.24, 2.45) is 0 Å². The van der Waals surface area contributed by atoms with E-state index in [1.807, 2.05) is 22.3 Å². The van der Waals surface area contributed by atoms with Crippen molar-refractivity contribution in [3.8, 4) is 0 Å². The van der Waals surface area contributed by atoms with Gasteiger partial charge in [-0.2, -0.15) is 0 Å². The van der Waals surface area contributed by atoms with E-state index in [0.29, 0.717) is 0 Å². The molecule has 0 bridgehead atoms. The van der Waals surface area contributed by atoms with Gasteiger partial charge in [0.15, 0.2) is 0 Å². The number of allylic oxidation sites excluding steroid dienone is 4. The Morgan fingerprint density at radius 3 is 0.486 bits per heavy atom. The van der Waals surface area contributed by atoms with Crippen LogP contribution in [0.2, 0.25) is 0 Å². The van der Waals surface area contributed by atoms with Crippen molar-refractivity contribution in [3.05, 3.63) is 50.3 Å². The van der Waals surface area contributed by atoms with Crippen LogP contribution in [0.4, 0.5) is 0 Å². The summed E-state index contributed by atoms with van der Waals surface area (Å²) in [5, 5.41) is 91.5. The van der Waals surface area contributed by atoms with Crippen molar-refractivity contribution in [1.82, 2.24) is 0 Å². The summed E-state index contributed by atoms with van der Waals surface area (Å²) in [5.74, 6) is 0. The number of hydrogen-bond acceptors (Lipinski definition) is 4. The second-order valence-corrected chi connectivity index (χ2v) is 32.0. The molecule has 4 heteroatoms. The molecule has 0 saturated carbocycles. The minimum absolute atomic E-state index is 0.190. The third kappa shape index (κ3) is 1.64. The maximum absolute atomic E-state index is 2.36. The minimum atomic E-state index is -0.190. The summed E-state index contributed by atoms with van der Waals surface area (Å²) < 4.78 is 3.11. The Balaban J connectivity index is 1.06. The molecule has 2 aliphatic heterocycles. The van der Waals surface area contributed by atoms with Gasteiger partial charge in [-0.3, -0.25) is 0 Å². The number of benzene rings is 18. The molecule has 0 radical (unpaired) electrons. The molecule has 28 aromatic carbocycles. The molecule has 5 aliphatic carbocycles. The van der Waals surface area contributed by atoms with Gasteiger partial charge in [0.2, 0.25) is 0 Å². The highest BCUT2D eigenvalue weighted by molar-refractivity contribution is 8.34. The highest BCUT2D eigenvalue weighted by Gasteiger charge is 2.71. The smallest absolute Gasteiger partial charge is 0.0700 e. The van der Waals surface area contributed by atoms with Crippen LogP contribution in [0.15, 0.2) is 28.1 Å². The van der Waals surface area contributed by atoms with Crippen LogP contribution in [0.25, 0.3) is 291 Å². The molecule has 314 valence electrons. The highest BCUT2D eigenvalue weighted by atomic mass is 32.2. The Hall–Kier alpha value is -6.92. The fourth-order valence-corrected chi connectivity index (χ4v) is 31.7. The first-order valence-electron chi connectivity index (χ1n) is 27.3. The van der Waals surface area contributed by atoms with Gasteiger partial charge in [-0.05, 0) is 350 Å². The molecule has 7 aliphatic rings. The molecule has 35 rings (SSSR count). The van der Waals surface area contributed by atoms with E-state index in [1.165, 1.54) is 9.81 Å². The molecule has 0 aromatic heterocycles. The lowest BCUT2D eigenvalue weighted by Gasteiger charge is -2.57. The first kappa shape index (κ1) is 29.2. The predicted octanol–water partition coefficient (Wildman–Crippen LogP) is 21.6. The van der Waals surface area contributed by atoms with Crippen molar-refractivity contribution in [2.45, 2.75) is 37.5 Å². The monoisotopic (exact) mass is 978 g/mol. The fraction of sp³-hybridized carbons (Fsp3) is 0.0857. The lowest BCUT2D eigenvalue weighted by molar-refractivity contribution is 0.309. The number of rotatable bonds is 0. The van der Waals surface area contributed by atoms with Crippen LogP contribution in [0.3, 0.4) is 0 Å². The van der Waals surface area contributed by atoms with Crippen LogP contribution >= 0.6 is 47.0 Å². The molecular weight excluding hydrogens is 969 g/mol. The number of thioether (sulfide) groups is 4. The lowest BCUT2D eigenvalue weighted by Crippen LogP contribution is -2.53. The Bertz CT molecular complexity index is 7040. The average molecular weight is 979 g/mol. The van der Waals surface area contributed by atoms with Crippen molar-refractivity contribution in [2.75, 3.05) is 0 Å². The topological polar surface area (TPSA) is 0 Å². The van der Waals surface area contributed by atoms with E-state index in [2.05, 4.69) is 60.9 Å². The van der Waals surface area contributed by atoms with E-state index >= 15 is 0 Å². The quantitative estimate of drug-likeness (QED) is 0.139. The molecule has 2 heterocycles. The molecule has 0 unspecified atom stereocenters. The first-order chi connectivity index (χ1) is 36.7. The number of hydrogen-bond donors (Lipinski definition) is 0. The van der Waals surface area contributed by atoms with Crippen LogP contribution < -0.4 is 0 Å². The summed E-state index contributed by atoms with van der Waals surface area (Å²) in [5.41, 5.74) is 6.91. The van der Waals surface area contributed by atoms with Gasteiger partial charge in [0.25, 0.3) is 0 Å². The van der Waals surface area contributed by atoms with Crippen LogP contribution in [0, 0.1) is 0 Å². The van der Waals surface area contributed by atoms with Crippen LogP contribution in [0.1, 0.15) is 48.9 Å². The summed E-state index contributed by atoms with van der Waals surface area (Å²) in [6.07, 6.45) is 2.26. The van der Waals surface area contributed by atoms with Crippen molar-refractivity contribution in [3.63, 3.8) is 0 Å². The van der Waals surface area contributed by atoms with Crippen LogP contribution in [-0.4, -0.2) is 0 Å². The SMILES string of the molecule is CC1=C(C)SC(=C2SC3=C(CC45c6c7c8c9c%10c%11c(c%12c%13c4c4c6c6c%14c7c7c8c8c%10c%10c%15c%11c%11c%12c%12c%13c%13c4c4c6c6c%14c%14c7c7c8c%10c8c%10c%15c%11c%11c%12c%12c%13c4c4c6c6c%14c7c8c7c%10c%11c%12c4c67)C95C3)S2)S1. The summed E-state index contributed by atoms with van der Waals surface area (Å²) in [7, 11) is 0. The van der Waals surface area contributed by atoms with Gasteiger partial charge in [-0.1, -0.05) is 47.0 Å². The molecule has 2 spiro atoms. The second kappa shape index (κ2) is 6.79. The van der Waals surface area contributed by atoms with Gasteiger partial charge in [0, 0.05) is 20.6 Å². The normalized spacial score (nSPS) is 24.2. The third-order valence-corrected chi connectivity index (χ3v) is 32.3. The third-order valence-electron chi connectivity index (χ3n) is 26.4. The predicted molar refractivity (Wildman–Crippen MR) is 326 cm³/mol. The van der Waals surface area contributed by atoms with Gasteiger partial charge in [-0.25, -0.2) is 0 Å². The van der Waals surface area contributed by atoms with Gasteiger partial charge >= 0.3 is 0 Å². The summed E-state index contributed by atoms with van der Waals surface area (Å²) in [6.45, 7) is 4.71. The molecule has 0 nitrogen and oxygen atoms in total. The maximum Gasteiger partial charge on any atom is 0.0700 e. The van der Waals surface area contributed by atoms with Crippen LogP contribution in [0.5, 0.6) is 0 Å². The van der Waals surface area contributed by atoms with Gasteiger partial charge in [0.1, 0.15) is 0 Å². The Labute approximate surface area is 422 Å². The molecule has 74 heavy (non-hydrogen) atoms. The molecule has 0 N–H and O–H groups in total. The second-order valence-electron chi connectivity index (χ2n) is 26.9. The zero-order chi connectivity index (χ0) is 44.2. The van der Waals surface area contributed by atoms with Crippen LogP contribution in [-0.2, 0) is 10.8 Å². The minimum Gasteiger partial charge on any atom is -0.0849 e.